The number of rotatable bonds is 6. The van der Waals surface area contributed by atoms with Crippen LogP contribution in [0.15, 0.2) is 0 Å². The van der Waals surface area contributed by atoms with Gasteiger partial charge in [-0.25, -0.2) is 0 Å². The number of unbranched alkanes of at least 4 members (excludes halogenated alkanes) is 2. The predicted molar refractivity (Wildman–Crippen MR) is 62.0 cm³/mol. The second-order valence-electron chi connectivity index (χ2n) is 4.67. The van der Waals surface area contributed by atoms with Crippen LogP contribution in [0.25, 0.3) is 0 Å². The van der Waals surface area contributed by atoms with E-state index in [1.807, 2.05) is 0 Å². The third-order valence-corrected chi connectivity index (χ3v) is 4.67. The van der Waals surface area contributed by atoms with E-state index in [9.17, 15) is 4.79 Å². The van der Waals surface area contributed by atoms with Crippen LogP contribution < -0.4 is 0 Å². The molecule has 1 nitrogen and oxygen atoms in total. The molecule has 0 radical (unpaired) electrons. The normalized spacial score (nSPS) is 14.5. The molecule has 78 valence electrons. The summed E-state index contributed by atoms with van der Waals surface area (Å²) in [7, 11) is 0.696. The molecular weight excluding hydrogens is 176 g/mol. The molecule has 13 heavy (non-hydrogen) atoms. The molecule has 0 fully saturated rings. The Morgan fingerprint density at radius 3 is 2.31 bits per heavy atom. The van der Waals surface area contributed by atoms with Crippen LogP contribution in [0.4, 0.5) is 0 Å². The average Bonchev–Trinajstić information content (AvgIpc) is 2.04. The van der Waals surface area contributed by atoms with Crippen molar-refractivity contribution in [2.75, 3.05) is 0 Å². The largest absolute Gasteiger partial charge is 0.306 e. The molecule has 1 atom stereocenters. The Bertz CT molecular complexity index is 163. The molecule has 0 saturated heterocycles. The van der Waals surface area contributed by atoms with E-state index in [2.05, 4.69) is 27.7 Å². The molecule has 0 heterocycles. The summed E-state index contributed by atoms with van der Waals surface area (Å²) in [6, 6.07) is 0. The number of hydrogen-bond donors (Lipinski definition) is 0. The van der Waals surface area contributed by atoms with Crippen LogP contribution in [-0.2, 0) is 4.79 Å². The van der Waals surface area contributed by atoms with Crippen LogP contribution in [0.5, 0.6) is 0 Å². The van der Waals surface area contributed by atoms with Crippen molar-refractivity contribution in [2.45, 2.75) is 53.4 Å². The van der Waals surface area contributed by atoms with Gasteiger partial charge in [-0.1, -0.05) is 47.0 Å². The molecule has 0 N–H and O–H groups in total. The highest BCUT2D eigenvalue weighted by Gasteiger charge is 2.29. The van der Waals surface area contributed by atoms with Crippen molar-refractivity contribution in [1.29, 1.82) is 0 Å². The number of carbonyl (C=O) groups excluding carboxylic acids is 1. The van der Waals surface area contributed by atoms with Crippen molar-refractivity contribution in [3.63, 3.8) is 0 Å². The van der Waals surface area contributed by atoms with Gasteiger partial charge in [0.25, 0.3) is 0 Å². The Labute approximate surface area is 85.7 Å². The lowest BCUT2D eigenvalue weighted by Crippen LogP contribution is -2.31. The van der Waals surface area contributed by atoms with E-state index in [1.54, 1.807) is 0 Å². The summed E-state index contributed by atoms with van der Waals surface area (Å²) in [6.07, 6.45) is 5.04. The molecule has 0 aromatic heterocycles. The van der Waals surface area contributed by atoms with Crippen LogP contribution in [0.1, 0.15) is 53.4 Å². The summed E-state index contributed by atoms with van der Waals surface area (Å²) >= 11 is 0. The van der Waals surface area contributed by atoms with Crippen LogP contribution in [0.3, 0.4) is 0 Å². The Balaban J connectivity index is 3.94. The van der Waals surface area contributed by atoms with Gasteiger partial charge in [-0.2, -0.15) is 0 Å². The van der Waals surface area contributed by atoms with Gasteiger partial charge in [-0.05, 0) is 12.3 Å². The molecule has 0 saturated carbocycles. The Morgan fingerprint density at radius 2 is 1.92 bits per heavy atom. The quantitative estimate of drug-likeness (QED) is 0.474. The molecule has 0 amide bonds. The van der Waals surface area contributed by atoms with Gasteiger partial charge in [0.15, 0.2) is 0 Å². The van der Waals surface area contributed by atoms with Crippen LogP contribution in [0, 0.1) is 11.3 Å². The third-order valence-electron chi connectivity index (χ3n) is 3.38. The Morgan fingerprint density at radius 1 is 1.38 bits per heavy atom. The topological polar surface area (TPSA) is 17.1 Å². The minimum atomic E-state index is -0.0695. The highest BCUT2D eigenvalue weighted by atomic mass is 28.1. The van der Waals surface area contributed by atoms with Crippen LogP contribution in [0.2, 0.25) is 0 Å². The van der Waals surface area contributed by atoms with Gasteiger partial charge in [0.05, 0.1) is 10.2 Å². The maximum atomic E-state index is 11.4. The first-order chi connectivity index (χ1) is 5.92. The monoisotopic (exact) mass is 200 g/mol. The molecule has 0 rings (SSSR count). The summed E-state index contributed by atoms with van der Waals surface area (Å²) in [6.45, 7) is 8.62. The highest BCUT2D eigenvalue weighted by Crippen LogP contribution is 2.30. The smallest absolute Gasteiger partial charge is 0.106 e. The number of hydrogen-bond acceptors (Lipinski definition) is 1. The van der Waals surface area contributed by atoms with Crippen molar-refractivity contribution in [2.24, 2.45) is 11.3 Å². The first kappa shape index (κ1) is 12.9. The molecule has 0 aliphatic carbocycles. The van der Waals surface area contributed by atoms with Crippen molar-refractivity contribution in [3.05, 3.63) is 0 Å². The SMILES string of the molecule is CCCCCC(C)C(C)(C)C(=O)[SiH3]. The number of carbonyl (C=O) groups is 1. The first-order valence-corrected chi connectivity index (χ1v) is 6.44. The maximum Gasteiger partial charge on any atom is 0.106 e. The highest BCUT2D eigenvalue weighted by molar-refractivity contribution is 6.58. The van der Waals surface area contributed by atoms with Crippen molar-refractivity contribution >= 4 is 15.6 Å². The Hall–Kier alpha value is -0.113. The van der Waals surface area contributed by atoms with Gasteiger partial charge < -0.3 is 4.79 Å². The van der Waals surface area contributed by atoms with E-state index in [0.717, 1.165) is 0 Å². The van der Waals surface area contributed by atoms with Crippen LogP contribution >= 0.6 is 0 Å². The molecule has 0 bridgehead atoms. The van der Waals surface area contributed by atoms with E-state index >= 15 is 0 Å². The standard InChI is InChI=1S/C11H24OSi/c1-5-6-7-8-9(2)11(3,4)10(12)13/h9H,5-8H2,1-4,13H3. The first-order valence-electron chi connectivity index (χ1n) is 5.44. The van der Waals surface area contributed by atoms with Crippen molar-refractivity contribution < 1.29 is 4.79 Å². The molecule has 2 heteroatoms. The van der Waals surface area contributed by atoms with Crippen molar-refractivity contribution in [3.8, 4) is 0 Å². The molecule has 1 unspecified atom stereocenters. The lowest BCUT2D eigenvalue weighted by atomic mass is 9.78. The molecule has 0 aromatic carbocycles. The van der Waals surface area contributed by atoms with E-state index in [-0.39, 0.29) is 5.41 Å². The van der Waals surface area contributed by atoms with Gasteiger partial charge >= 0.3 is 0 Å². The van der Waals surface area contributed by atoms with Crippen LogP contribution in [-0.4, -0.2) is 15.6 Å². The average molecular weight is 200 g/mol. The lowest BCUT2D eigenvalue weighted by Gasteiger charge is -2.29. The van der Waals surface area contributed by atoms with E-state index in [0.29, 0.717) is 21.6 Å². The van der Waals surface area contributed by atoms with E-state index in [1.165, 1.54) is 25.7 Å². The third kappa shape index (κ3) is 4.07. The second kappa shape index (κ2) is 5.58. The fraction of sp³-hybridized carbons (Fsp3) is 0.909. The Kier molecular flexibility index (Phi) is 5.53. The van der Waals surface area contributed by atoms with Gasteiger partial charge in [-0.3, -0.25) is 0 Å². The zero-order valence-corrected chi connectivity index (χ0v) is 11.8. The van der Waals surface area contributed by atoms with E-state index in [4.69, 9.17) is 0 Å². The summed E-state index contributed by atoms with van der Waals surface area (Å²) in [5, 5.41) is 0.455. The predicted octanol–water partition coefficient (Wildman–Crippen LogP) is 2.12. The molecular formula is C11H24OSi. The summed E-state index contributed by atoms with van der Waals surface area (Å²) < 4.78 is 0. The zero-order valence-electron chi connectivity index (χ0n) is 9.81. The van der Waals surface area contributed by atoms with Gasteiger partial charge in [-0.15, -0.1) is 0 Å². The van der Waals surface area contributed by atoms with Gasteiger partial charge in [0, 0.05) is 5.41 Å². The van der Waals surface area contributed by atoms with Crippen molar-refractivity contribution in [1.82, 2.24) is 0 Å². The minimum absolute atomic E-state index is 0.0695. The summed E-state index contributed by atoms with van der Waals surface area (Å²) in [4.78, 5) is 11.4. The van der Waals surface area contributed by atoms with Gasteiger partial charge in [0.1, 0.15) is 5.41 Å². The minimum Gasteiger partial charge on any atom is -0.306 e. The summed E-state index contributed by atoms with van der Waals surface area (Å²) in [5.74, 6) is 0.545. The fourth-order valence-electron chi connectivity index (χ4n) is 1.41. The molecule has 0 aliphatic rings. The van der Waals surface area contributed by atoms with E-state index < -0.39 is 0 Å². The zero-order chi connectivity index (χ0) is 10.5. The summed E-state index contributed by atoms with van der Waals surface area (Å²) in [5.41, 5.74) is -0.0695. The molecule has 0 aromatic rings. The fourth-order valence-corrected chi connectivity index (χ4v) is 1.90. The maximum absolute atomic E-state index is 11.4. The second-order valence-corrected chi connectivity index (χ2v) is 5.58. The lowest BCUT2D eigenvalue weighted by molar-refractivity contribution is -0.121. The molecule has 0 spiro atoms. The molecule has 0 aliphatic heterocycles. The van der Waals surface area contributed by atoms with Gasteiger partial charge in [0.2, 0.25) is 0 Å².